The second-order valence-corrected chi connectivity index (χ2v) is 6.14. The fourth-order valence-corrected chi connectivity index (χ4v) is 2.37. The lowest BCUT2D eigenvalue weighted by Gasteiger charge is -2.13. The molecule has 6 heteroatoms. The van der Waals surface area contributed by atoms with Crippen molar-refractivity contribution in [2.75, 3.05) is 17.7 Å². The Bertz CT molecular complexity index is 465. The lowest BCUT2D eigenvalue weighted by molar-refractivity contribution is -0.115. The second kappa shape index (κ2) is 6.87. The number of hydrogen-bond donors (Lipinski definition) is 2. The van der Waals surface area contributed by atoms with Gasteiger partial charge in [0.1, 0.15) is 5.25 Å². The summed E-state index contributed by atoms with van der Waals surface area (Å²) in [6.07, 6.45) is 0. The van der Waals surface area contributed by atoms with E-state index < -0.39 is 16.0 Å². The number of carbonyl (C=O) groups is 1. The van der Waals surface area contributed by atoms with Crippen LogP contribution in [0.4, 0.5) is 5.69 Å². The van der Waals surface area contributed by atoms with Crippen molar-refractivity contribution in [3.63, 3.8) is 0 Å². The summed E-state index contributed by atoms with van der Waals surface area (Å²) in [5.74, 6) is -0.240. The number of aliphatic hydroxyl groups is 1. The summed E-state index contributed by atoms with van der Waals surface area (Å²) in [5.41, 5.74) is 1.38. The third-order valence-corrected chi connectivity index (χ3v) is 4.58. The Balaban J connectivity index is 2.75. The fourth-order valence-electron chi connectivity index (χ4n) is 1.36. The zero-order valence-corrected chi connectivity index (χ0v) is 11.8. The summed E-state index contributed by atoms with van der Waals surface area (Å²) in [6, 6.07) is 5.21. The monoisotopic (exact) mass is 289 g/mol. The fraction of sp³-hybridized carbons (Fsp3) is 0.417. The van der Waals surface area contributed by atoms with Gasteiger partial charge in [-0.15, -0.1) is 0 Å². The third kappa shape index (κ3) is 3.80. The molecule has 18 heavy (non-hydrogen) atoms. The van der Waals surface area contributed by atoms with E-state index in [1.54, 1.807) is 32.0 Å². The van der Waals surface area contributed by atoms with E-state index >= 15 is 0 Å². The van der Waals surface area contributed by atoms with Crippen molar-refractivity contribution in [2.45, 2.75) is 19.1 Å². The summed E-state index contributed by atoms with van der Waals surface area (Å²) >= 11 is 5.94. The Morgan fingerprint density at radius 1 is 1.56 bits per heavy atom. The first-order valence-corrected chi connectivity index (χ1v) is 7.27. The van der Waals surface area contributed by atoms with Gasteiger partial charge in [0.15, 0.2) is 0 Å². The maximum atomic E-state index is 11.9. The van der Waals surface area contributed by atoms with Gasteiger partial charge in [-0.05, 0) is 31.5 Å². The van der Waals surface area contributed by atoms with Crippen LogP contribution in [0.5, 0.6) is 0 Å². The smallest absolute Gasteiger partial charge is 0.239 e. The Kier molecular flexibility index (Phi) is 5.78. The molecule has 100 valence electrons. The van der Waals surface area contributed by atoms with Crippen LogP contribution in [0, 0.1) is 6.92 Å². The molecule has 2 N–H and O–H groups in total. The van der Waals surface area contributed by atoms with Crippen LogP contribution in [0.1, 0.15) is 12.5 Å². The number of anilines is 1. The van der Waals surface area contributed by atoms with Crippen LogP contribution in [-0.2, 0) is 15.6 Å². The summed E-state index contributed by atoms with van der Waals surface area (Å²) < 4.78 is 11.6. The van der Waals surface area contributed by atoms with Gasteiger partial charge in [0.05, 0.1) is 6.61 Å². The molecule has 2 unspecified atom stereocenters. The highest BCUT2D eigenvalue weighted by Gasteiger charge is 2.20. The molecule has 0 saturated carbocycles. The molecule has 0 saturated heterocycles. The van der Waals surface area contributed by atoms with Crippen molar-refractivity contribution in [3.05, 3.63) is 28.8 Å². The molecule has 0 aliphatic carbocycles. The van der Waals surface area contributed by atoms with Crippen LogP contribution in [-0.4, -0.2) is 32.8 Å². The van der Waals surface area contributed by atoms with Gasteiger partial charge in [-0.3, -0.25) is 9.00 Å². The quantitative estimate of drug-likeness (QED) is 0.867. The second-order valence-electron chi connectivity index (χ2n) is 3.85. The topological polar surface area (TPSA) is 66.4 Å². The normalized spacial score (nSPS) is 14.0. The zero-order valence-electron chi connectivity index (χ0n) is 10.3. The summed E-state index contributed by atoms with van der Waals surface area (Å²) in [5, 5.41) is 11.3. The van der Waals surface area contributed by atoms with E-state index in [1.165, 1.54) is 0 Å². The van der Waals surface area contributed by atoms with Crippen LogP contribution >= 0.6 is 11.6 Å². The van der Waals surface area contributed by atoms with Crippen molar-refractivity contribution in [3.8, 4) is 0 Å². The highest BCUT2D eigenvalue weighted by Crippen LogP contribution is 2.23. The van der Waals surface area contributed by atoms with Crippen LogP contribution < -0.4 is 5.32 Å². The molecule has 0 aliphatic heterocycles. The van der Waals surface area contributed by atoms with E-state index in [2.05, 4.69) is 5.32 Å². The largest absolute Gasteiger partial charge is 0.395 e. The van der Waals surface area contributed by atoms with E-state index in [1.807, 2.05) is 0 Å². The van der Waals surface area contributed by atoms with Gasteiger partial charge >= 0.3 is 0 Å². The number of aliphatic hydroxyl groups excluding tert-OH is 1. The third-order valence-electron chi connectivity index (χ3n) is 2.58. The van der Waals surface area contributed by atoms with Crippen molar-refractivity contribution < 1.29 is 14.1 Å². The van der Waals surface area contributed by atoms with Crippen molar-refractivity contribution >= 4 is 34.0 Å². The minimum absolute atomic E-state index is 0.100. The molecular formula is C12H16ClNO3S. The molecule has 0 fully saturated rings. The van der Waals surface area contributed by atoms with E-state index in [0.717, 1.165) is 5.56 Å². The molecule has 0 spiro atoms. The standard InChI is InChI=1S/C12H16ClNO3S/c1-8-10(13)4-3-5-11(8)14-12(16)9(2)18(17)7-6-15/h3-5,9,15H,6-7H2,1-2H3,(H,14,16). The van der Waals surface area contributed by atoms with Crippen molar-refractivity contribution in [1.29, 1.82) is 0 Å². The predicted octanol–water partition coefficient (Wildman–Crippen LogP) is 1.72. The molecule has 1 rings (SSSR count). The molecule has 0 heterocycles. The first-order valence-electron chi connectivity index (χ1n) is 5.51. The number of amides is 1. The zero-order chi connectivity index (χ0) is 13.7. The molecule has 1 aromatic carbocycles. The van der Waals surface area contributed by atoms with Crippen molar-refractivity contribution in [2.24, 2.45) is 0 Å². The van der Waals surface area contributed by atoms with Gasteiger partial charge < -0.3 is 10.4 Å². The molecule has 1 aromatic rings. The summed E-state index contributed by atoms with van der Waals surface area (Å²) in [4.78, 5) is 11.9. The SMILES string of the molecule is Cc1c(Cl)cccc1NC(=O)C(C)S(=O)CCO. The van der Waals surface area contributed by atoms with Gasteiger partial charge in [-0.1, -0.05) is 17.7 Å². The number of nitrogens with one attached hydrogen (secondary N) is 1. The first-order chi connectivity index (χ1) is 8.47. The van der Waals surface area contributed by atoms with Gasteiger partial charge in [-0.2, -0.15) is 0 Å². The lowest BCUT2D eigenvalue weighted by atomic mass is 10.2. The Morgan fingerprint density at radius 2 is 2.22 bits per heavy atom. The summed E-state index contributed by atoms with van der Waals surface area (Å²) in [7, 11) is -1.38. The molecule has 0 bridgehead atoms. The van der Waals surface area contributed by atoms with E-state index in [4.69, 9.17) is 16.7 Å². The lowest BCUT2D eigenvalue weighted by Crippen LogP contribution is -2.31. The van der Waals surface area contributed by atoms with Crippen LogP contribution in [0.3, 0.4) is 0 Å². The van der Waals surface area contributed by atoms with E-state index in [9.17, 15) is 9.00 Å². The van der Waals surface area contributed by atoms with Gasteiger partial charge in [0, 0.05) is 27.3 Å². The molecule has 0 radical (unpaired) electrons. The molecule has 0 aromatic heterocycles. The number of benzene rings is 1. The molecule has 2 atom stereocenters. The van der Waals surface area contributed by atoms with Crippen molar-refractivity contribution in [1.82, 2.24) is 0 Å². The number of rotatable bonds is 5. The average molecular weight is 290 g/mol. The minimum Gasteiger partial charge on any atom is -0.395 e. The van der Waals surface area contributed by atoms with E-state index in [0.29, 0.717) is 10.7 Å². The highest BCUT2D eigenvalue weighted by molar-refractivity contribution is 7.86. The number of carbonyl (C=O) groups excluding carboxylic acids is 1. The number of halogens is 1. The highest BCUT2D eigenvalue weighted by atomic mass is 35.5. The predicted molar refractivity (Wildman–Crippen MR) is 74.4 cm³/mol. The maximum Gasteiger partial charge on any atom is 0.239 e. The van der Waals surface area contributed by atoms with Crippen LogP contribution in [0.2, 0.25) is 5.02 Å². The van der Waals surface area contributed by atoms with Gasteiger partial charge in [0.2, 0.25) is 5.91 Å². The van der Waals surface area contributed by atoms with Crippen LogP contribution in [0.15, 0.2) is 18.2 Å². The summed E-state index contributed by atoms with van der Waals surface area (Å²) in [6.45, 7) is 3.18. The van der Waals surface area contributed by atoms with Crippen LogP contribution in [0.25, 0.3) is 0 Å². The van der Waals surface area contributed by atoms with Gasteiger partial charge in [0.25, 0.3) is 0 Å². The Hall–Kier alpha value is -0.910. The average Bonchev–Trinajstić information content (AvgIpc) is 2.34. The first kappa shape index (κ1) is 15.1. The molecular weight excluding hydrogens is 274 g/mol. The Morgan fingerprint density at radius 3 is 2.83 bits per heavy atom. The molecule has 1 amide bonds. The minimum atomic E-state index is -1.38. The number of hydrogen-bond acceptors (Lipinski definition) is 3. The van der Waals surface area contributed by atoms with E-state index in [-0.39, 0.29) is 18.3 Å². The molecule has 4 nitrogen and oxygen atoms in total. The maximum absolute atomic E-state index is 11.9. The molecule has 0 aliphatic rings. The van der Waals surface area contributed by atoms with Gasteiger partial charge in [-0.25, -0.2) is 0 Å². The Labute approximate surface area is 114 Å².